The van der Waals surface area contributed by atoms with E-state index in [2.05, 4.69) is 102 Å². The van der Waals surface area contributed by atoms with Crippen LogP contribution in [0.3, 0.4) is 0 Å². The maximum Gasteiger partial charge on any atom is 0.137 e. The van der Waals surface area contributed by atoms with Gasteiger partial charge in [-0.25, -0.2) is 4.98 Å². The van der Waals surface area contributed by atoms with E-state index in [0.29, 0.717) is 23.3 Å². The van der Waals surface area contributed by atoms with Crippen molar-refractivity contribution in [2.45, 2.75) is 97.1 Å². The lowest BCUT2D eigenvalue weighted by atomic mass is 9.59. The number of rotatable bonds is 6. The summed E-state index contributed by atoms with van der Waals surface area (Å²) in [6, 6.07) is 22.5. The number of aryl methyl sites for hydroxylation is 1. The SMILES string of the molecule is CCc1ccc(N2CCC3(CC2)CC(N2CCC[C@H]2c2ccccc2C(C)C)C3)cc1N1CC(C)Cc2nc3[nH]ccc3cc21. The monoisotopic (exact) mass is 601 g/mol. The lowest BCUT2D eigenvalue weighted by Crippen LogP contribution is -2.55. The highest BCUT2D eigenvalue weighted by Crippen LogP contribution is 2.54. The van der Waals surface area contributed by atoms with Gasteiger partial charge in [-0.15, -0.1) is 0 Å². The molecule has 2 atom stereocenters. The maximum absolute atomic E-state index is 5.06. The normalized spacial score (nSPS) is 23.7. The highest BCUT2D eigenvalue weighted by atomic mass is 15.2. The number of fused-ring (bicyclic) bond motifs is 2. The van der Waals surface area contributed by atoms with Crippen molar-refractivity contribution in [3.63, 3.8) is 0 Å². The largest absolute Gasteiger partial charge is 0.371 e. The van der Waals surface area contributed by atoms with Crippen LogP contribution in [-0.4, -0.2) is 47.1 Å². The van der Waals surface area contributed by atoms with Gasteiger partial charge in [0.2, 0.25) is 0 Å². The van der Waals surface area contributed by atoms with Gasteiger partial charge in [0.05, 0.1) is 11.4 Å². The van der Waals surface area contributed by atoms with Gasteiger partial charge < -0.3 is 14.8 Å². The molecule has 1 aliphatic carbocycles. The predicted octanol–water partition coefficient (Wildman–Crippen LogP) is 9.17. The predicted molar refractivity (Wildman–Crippen MR) is 188 cm³/mol. The molecule has 5 heteroatoms. The molecule has 2 aromatic carbocycles. The molecule has 45 heavy (non-hydrogen) atoms. The molecule has 0 bridgehead atoms. The van der Waals surface area contributed by atoms with Gasteiger partial charge in [0.25, 0.3) is 0 Å². The van der Waals surface area contributed by atoms with E-state index in [4.69, 9.17) is 4.98 Å². The summed E-state index contributed by atoms with van der Waals surface area (Å²) in [5, 5.41) is 1.20. The van der Waals surface area contributed by atoms with Crippen molar-refractivity contribution in [1.82, 2.24) is 14.9 Å². The Labute approximate surface area is 270 Å². The first-order valence-electron chi connectivity index (χ1n) is 17.9. The van der Waals surface area contributed by atoms with Gasteiger partial charge >= 0.3 is 0 Å². The fourth-order valence-corrected chi connectivity index (χ4v) is 9.45. The van der Waals surface area contributed by atoms with Gasteiger partial charge in [-0.2, -0.15) is 0 Å². The molecule has 1 N–H and O–H groups in total. The Balaban J connectivity index is 0.975. The number of hydrogen-bond acceptors (Lipinski definition) is 4. The van der Waals surface area contributed by atoms with Crippen LogP contribution in [0.5, 0.6) is 0 Å². The Kier molecular flexibility index (Phi) is 7.43. The van der Waals surface area contributed by atoms with Gasteiger partial charge in [-0.3, -0.25) is 4.90 Å². The number of pyridine rings is 1. The number of aromatic nitrogens is 2. The topological polar surface area (TPSA) is 38.4 Å². The summed E-state index contributed by atoms with van der Waals surface area (Å²) in [5.74, 6) is 1.16. The number of aromatic amines is 1. The van der Waals surface area contributed by atoms with E-state index in [-0.39, 0.29) is 0 Å². The van der Waals surface area contributed by atoms with Crippen molar-refractivity contribution in [3.05, 3.63) is 83.2 Å². The van der Waals surface area contributed by atoms with Gasteiger partial charge in [-0.05, 0) is 116 Å². The average molecular weight is 602 g/mol. The standard InChI is InChI=1S/C40H51N5/c1-5-29-12-13-31(23-37(29)45-26-28(4)21-35-38(45)22-30-14-17-41-39(30)42-35)43-19-15-40(16-20-43)24-32(25-40)44-18-8-11-36(44)34-10-7-6-9-33(34)27(2)3/h6-7,9-10,12-14,17,22-23,27-28,32,36H,5,8,11,15-16,18-21,24-26H2,1-4H3,(H,41,42)/t28?,36-/m0/s1. The molecule has 2 saturated heterocycles. The molecule has 2 aromatic heterocycles. The van der Waals surface area contributed by atoms with E-state index in [1.165, 1.54) is 91.9 Å². The molecule has 1 unspecified atom stereocenters. The van der Waals surface area contributed by atoms with Crippen molar-refractivity contribution < 1.29 is 0 Å². The van der Waals surface area contributed by atoms with E-state index >= 15 is 0 Å². The Morgan fingerprint density at radius 2 is 1.80 bits per heavy atom. The van der Waals surface area contributed by atoms with Crippen LogP contribution in [0.15, 0.2) is 60.8 Å². The third kappa shape index (κ3) is 5.16. The van der Waals surface area contributed by atoms with E-state index in [1.54, 1.807) is 11.1 Å². The lowest BCUT2D eigenvalue weighted by molar-refractivity contribution is -0.0227. The van der Waals surface area contributed by atoms with Crippen molar-refractivity contribution >= 4 is 28.1 Å². The van der Waals surface area contributed by atoms with Crippen LogP contribution < -0.4 is 9.80 Å². The van der Waals surface area contributed by atoms with Crippen molar-refractivity contribution in [2.75, 3.05) is 36.0 Å². The van der Waals surface area contributed by atoms with E-state index in [1.807, 2.05) is 6.20 Å². The molecule has 8 rings (SSSR count). The van der Waals surface area contributed by atoms with Crippen LogP contribution >= 0.6 is 0 Å². The second-order valence-corrected chi connectivity index (χ2v) is 15.2. The zero-order valence-corrected chi connectivity index (χ0v) is 27.9. The number of benzene rings is 2. The highest BCUT2D eigenvalue weighted by Gasteiger charge is 2.50. The van der Waals surface area contributed by atoms with E-state index in [0.717, 1.165) is 31.1 Å². The van der Waals surface area contributed by atoms with Crippen LogP contribution in [0, 0.1) is 11.3 Å². The minimum absolute atomic E-state index is 0.549. The Morgan fingerprint density at radius 3 is 2.60 bits per heavy atom. The van der Waals surface area contributed by atoms with Crippen LogP contribution in [0.2, 0.25) is 0 Å². The molecule has 1 saturated carbocycles. The summed E-state index contributed by atoms with van der Waals surface area (Å²) in [5.41, 5.74) is 11.4. The molecule has 4 aliphatic rings. The van der Waals surface area contributed by atoms with E-state index in [9.17, 15) is 0 Å². The molecule has 3 aliphatic heterocycles. The van der Waals surface area contributed by atoms with Crippen LogP contribution in [-0.2, 0) is 12.8 Å². The lowest BCUT2D eigenvalue weighted by Gasteiger charge is -2.56. The van der Waals surface area contributed by atoms with Crippen LogP contribution in [0.4, 0.5) is 17.1 Å². The Hall–Kier alpha value is -3.31. The fourth-order valence-electron chi connectivity index (χ4n) is 9.45. The van der Waals surface area contributed by atoms with E-state index < -0.39 is 0 Å². The molecule has 1 spiro atoms. The maximum atomic E-state index is 5.06. The van der Waals surface area contributed by atoms with Crippen molar-refractivity contribution in [2.24, 2.45) is 11.3 Å². The molecular weight excluding hydrogens is 550 g/mol. The molecule has 0 radical (unpaired) electrons. The van der Waals surface area contributed by atoms with Gasteiger partial charge in [0.1, 0.15) is 5.65 Å². The number of H-pyrrole nitrogens is 1. The Morgan fingerprint density at radius 1 is 0.978 bits per heavy atom. The first-order chi connectivity index (χ1) is 21.9. The van der Waals surface area contributed by atoms with Gasteiger partial charge in [0, 0.05) is 54.7 Å². The first-order valence-corrected chi connectivity index (χ1v) is 17.9. The highest BCUT2D eigenvalue weighted by molar-refractivity contribution is 5.84. The minimum atomic E-state index is 0.549. The summed E-state index contributed by atoms with van der Waals surface area (Å²) >= 11 is 0. The average Bonchev–Trinajstić information content (AvgIpc) is 3.71. The number of hydrogen-bond donors (Lipinski definition) is 1. The molecule has 0 amide bonds. The molecular formula is C40H51N5. The smallest absolute Gasteiger partial charge is 0.137 e. The summed E-state index contributed by atoms with van der Waals surface area (Å²) < 4.78 is 0. The molecule has 5 heterocycles. The fraction of sp³-hybridized carbons (Fsp3) is 0.525. The number of likely N-dealkylation sites (tertiary alicyclic amines) is 1. The molecule has 4 aromatic rings. The van der Waals surface area contributed by atoms with Gasteiger partial charge in [-0.1, -0.05) is 58.0 Å². The summed E-state index contributed by atoms with van der Waals surface area (Å²) in [6.45, 7) is 14.1. The third-order valence-corrected chi connectivity index (χ3v) is 11.9. The number of nitrogens with one attached hydrogen (secondary N) is 1. The zero-order valence-electron chi connectivity index (χ0n) is 27.9. The number of nitrogens with zero attached hydrogens (tertiary/aromatic N) is 4. The minimum Gasteiger partial charge on any atom is -0.371 e. The second kappa shape index (κ2) is 11.5. The van der Waals surface area contributed by atoms with Gasteiger partial charge in [0.15, 0.2) is 0 Å². The molecule has 236 valence electrons. The second-order valence-electron chi connectivity index (χ2n) is 15.2. The first kappa shape index (κ1) is 29.1. The summed E-state index contributed by atoms with van der Waals surface area (Å²) in [7, 11) is 0. The Bertz CT molecular complexity index is 1670. The van der Waals surface area contributed by atoms with Crippen LogP contribution in [0.1, 0.15) is 101 Å². The molecule has 5 nitrogen and oxygen atoms in total. The molecule has 3 fully saturated rings. The third-order valence-electron chi connectivity index (χ3n) is 11.9. The summed E-state index contributed by atoms with van der Waals surface area (Å²) in [4.78, 5) is 16.6. The van der Waals surface area contributed by atoms with Crippen molar-refractivity contribution in [3.8, 4) is 0 Å². The number of piperidine rings is 1. The van der Waals surface area contributed by atoms with Crippen molar-refractivity contribution in [1.29, 1.82) is 0 Å². The van der Waals surface area contributed by atoms with Crippen LogP contribution in [0.25, 0.3) is 11.0 Å². The summed E-state index contributed by atoms with van der Waals surface area (Å²) in [6.07, 6.45) is 12.2. The zero-order chi connectivity index (χ0) is 30.7. The quantitative estimate of drug-likeness (QED) is 0.239. The number of anilines is 3.